The van der Waals surface area contributed by atoms with Crippen LogP contribution in [0.5, 0.6) is 0 Å². The van der Waals surface area contributed by atoms with Gasteiger partial charge in [-0.1, -0.05) is 0 Å². The van der Waals surface area contributed by atoms with E-state index in [9.17, 15) is 13.5 Å². The molecular formula is C15H21N3O3S2. The van der Waals surface area contributed by atoms with Gasteiger partial charge in [0, 0.05) is 28.6 Å². The summed E-state index contributed by atoms with van der Waals surface area (Å²) >= 11 is 1.48. The number of hydrogen-bond donors (Lipinski definition) is 2. The molecule has 0 radical (unpaired) electrons. The number of aliphatic hydroxyl groups excluding tert-OH is 1. The third-order valence-corrected chi connectivity index (χ3v) is 6.93. The maximum atomic E-state index is 12.8. The molecule has 2 heterocycles. The van der Waals surface area contributed by atoms with Crippen LogP contribution in [-0.2, 0) is 17.1 Å². The normalized spacial score (nSPS) is 22.8. The van der Waals surface area contributed by atoms with Gasteiger partial charge in [0.15, 0.2) is 0 Å². The zero-order valence-electron chi connectivity index (χ0n) is 13.4. The summed E-state index contributed by atoms with van der Waals surface area (Å²) in [5, 5.41) is 13.7. The van der Waals surface area contributed by atoms with Gasteiger partial charge in [0.1, 0.15) is 0 Å². The highest BCUT2D eigenvalue weighted by Gasteiger charge is 2.38. The van der Waals surface area contributed by atoms with E-state index < -0.39 is 10.0 Å². The fourth-order valence-electron chi connectivity index (χ4n) is 3.04. The number of rotatable bonds is 5. The Kier molecular flexibility index (Phi) is 4.35. The Bertz CT molecular complexity index is 804. The van der Waals surface area contributed by atoms with E-state index in [1.807, 2.05) is 20.0 Å². The van der Waals surface area contributed by atoms with Gasteiger partial charge in [0.25, 0.3) is 0 Å². The fourth-order valence-corrected chi connectivity index (χ4v) is 5.89. The molecule has 6 nitrogen and oxygen atoms in total. The van der Waals surface area contributed by atoms with E-state index in [2.05, 4.69) is 9.82 Å². The zero-order valence-corrected chi connectivity index (χ0v) is 15.0. The highest BCUT2D eigenvalue weighted by Crippen LogP contribution is 2.39. The third kappa shape index (κ3) is 3.35. The van der Waals surface area contributed by atoms with Gasteiger partial charge in [-0.3, -0.25) is 4.68 Å². The molecule has 0 amide bonds. The van der Waals surface area contributed by atoms with Crippen molar-refractivity contribution in [1.82, 2.24) is 14.5 Å². The maximum Gasteiger partial charge on any atom is 0.242 e. The minimum absolute atomic E-state index is 0.0870. The highest BCUT2D eigenvalue weighted by atomic mass is 32.2. The minimum Gasteiger partial charge on any atom is -0.393 e. The molecule has 126 valence electrons. The zero-order chi connectivity index (χ0) is 16.8. The molecule has 1 atom stereocenters. The molecule has 0 spiro atoms. The van der Waals surface area contributed by atoms with Crippen molar-refractivity contribution in [2.45, 2.75) is 43.7 Å². The largest absolute Gasteiger partial charge is 0.393 e. The molecule has 0 aromatic carbocycles. The lowest BCUT2D eigenvalue weighted by molar-refractivity contribution is 0.0280. The first-order valence-electron chi connectivity index (χ1n) is 7.52. The lowest BCUT2D eigenvalue weighted by atomic mass is 9.76. The maximum absolute atomic E-state index is 12.8. The molecule has 2 aromatic heterocycles. The predicted molar refractivity (Wildman–Crippen MR) is 88.8 cm³/mol. The number of sulfonamides is 1. The van der Waals surface area contributed by atoms with Crippen LogP contribution in [0.15, 0.2) is 23.4 Å². The minimum atomic E-state index is -3.61. The molecule has 0 unspecified atom stereocenters. The molecule has 1 aliphatic carbocycles. The lowest BCUT2D eigenvalue weighted by Crippen LogP contribution is -2.41. The molecule has 0 bridgehead atoms. The van der Waals surface area contributed by atoms with Crippen molar-refractivity contribution in [2.24, 2.45) is 13.0 Å². The quantitative estimate of drug-likeness (QED) is 0.858. The van der Waals surface area contributed by atoms with Gasteiger partial charge in [-0.05, 0) is 38.7 Å². The monoisotopic (exact) mass is 355 g/mol. The molecule has 0 aliphatic heterocycles. The van der Waals surface area contributed by atoms with Gasteiger partial charge in [-0.25, -0.2) is 13.1 Å². The number of aliphatic hydroxyl groups is 1. The number of thiophene rings is 1. The molecule has 1 fully saturated rings. The summed E-state index contributed by atoms with van der Waals surface area (Å²) in [7, 11) is -1.80. The van der Waals surface area contributed by atoms with Gasteiger partial charge in [0.2, 0.25) is 10.0 Å². The van der Waals surface area contributed by atoms with Crippen molar-refractivity contribution in [3.8, 4) is 0 Å². The van der Waals surface area contributed by atoms with E-state index in [4.69, 9.17) is 0 Å². The van der Waals surface area contributed by atoms with Crippen molar-refractivity contribution in [1.29, 1.82) is 0 Å². The highest BCUT2D eigenvalue weighted by molar-refractivity contribution is 7.89. The number of nitrogens with one attached hydrogen (secondary N) is 1. The van der Waals surface area contributed by atoms with Crippen molar-refractivity contribution in [3.63, 3.8) is 0 Å². The number of aromatic nitrogens is 2. The van der Waals surface area contributed by atoms with Crippen LogP contribution in [0.25, 0.3) is 0 Å². The Morgan fingerprint density at radius 1 is 1.43 bits per heavy atom. The molecule has 1 saturated carbocycles. The topological polar surface area (TPSA) is 84.2 Å². The third-order valence-electron chi connectivity index (χ3n) is 4.27. The molecule has 3 rings (SSSR count). The molecule has 23 heavy (non-hydrogen) atoms. The van der Waals surface area contributed by atoms with Crippen LogP contribution in [-0.4, -0.2) is 29.4 Å². The molecule has 0 saturated heterocycles. The Labute approximate surface area is 140 Å². The first kappa shape index (κ1) is 16.6. The van der Waals surface area contributed by atoms with Crippen LogP contribution in [0, 0.1) is 19.8 Å². The number of aryl methyl sites for hydroxylation is 3. The van der Waals surface area contributed by atoms with Gasteiger partial charge >= 0.3 is 0 Å². The molecule has 2 N–H and O–H groups in total. The Morgan fingerprint density at radius 2 is 2.13 bits per heavy atom. The second kappa shape index (κ2) is 6.01. The molecule has 8 heteroatoms. The Hall–Kier alpha value is -1.22. The summed E-state index contributed by atoms with van der Waals surface area (Å²) in [6.07, 6.45) is 4.37. The number of hydrogen-bond acceptors (Lipinski definition) is 5. The van der Waals surface area contributed by atoms with Crippen molar-refractivity contribution in [2.75, 3.05) is 0 Å². The smallest absolute Gasteiger partial charge is 0.242 e. The Balaban J connectivity index is 1.90. The number of nitrogens with zero attached hydrogens (tertiary/aromatic N) is 2. The first-order valence-corrected chi connectivity index (χ1v) is 9.82. The fraction of sp³-hybridized carbons (Fsp3) is 0.533. The summed E-state index contributed by atoms with van der Waals surface area (Å²) in [5.41, 5.74) is 0.831. The lowest BCUT2D eigenvalue weighted by Gasteiger charge is -2.37. The SMILES string of the molecule is Cc1cc(S(=O)(=O)N[C@H](c2cnn(C)c2)C2CC(O)C2)c(C)s1. The second-order valence-electron chi connectivity index (χ2n) is 6.21. The molecule has 2 aromatic rings. The molecule has 1 aliphatic rings. The summed E-state index contributed by atoms with van der Waals surface area (Å²) < 4.78 is 30.1. The van der Waals surface area contributed by atoms with E-state index in [1.54, 1.807) is 24.0 Å². The predicted octanol–water partition coefficient (Wildman–Crippen LogP) is 1.89. The van der Waals surface area contributed by atoms with E-state index in [0.29, 0.717) is 17.7 Å². The van der Waals surface area contributed by atoms with Gasteiger partial charge in [-0.15, -0.1) is 11.3 Å². The molecular weight excluding hydrogens is 334 g/mol. The standard InChI is InChI=1S/C15H21N3O3S2/c1-9-4-14(10(2)22-9)23(20,21)17-15(11-5-13(19)6-11)12-7-16-18(3)8-12/h4,7-8,11,13,15,17,19H,5-6H2,1-3H3/t11?,13?,15-/m0/s1. The van der Waals surface area contributed by atoms with Crippen molar-refractivity contribution >= 4 is 21.4 Å². The van der Waals surface area contributed by atoms with E-state index in [-0.39, 0.29) is 18.1 Å². The average Bonchev–Trinajstić information content (AvgIpc) is 2.99. The summed E-state index contributed by atoms with van der Waals surface area (Å²) in [4.78, 5) is 2.10. The van der Waals surface area contributed by atoms with Crippen molar-refractivity contribution < 1.29 is 13.5 Å². The first-order chi connectivity index (χ1) is 10.8. The van der Waals surface area contributed by atoms with Gasteiger partial charge in [-0.2, -0.15) is 5.10 Å². The Morgan fingerprint density at radius 3 is 2.61 bits per heavy atom. The van der Waals surface area contributed by atoms with E-state index in [0.717, 1.165) is 15.3 Å². The van der Waals surface area contributed by atoms with Crippen LogP contribution in [0.3, 0.4) is 0 Å². The van der Waals surface area contributed by atoms with E-state index >= 15 is 0 Å². The second-order valence-corrected chi connectivity index (χ2v) is 9.35. The van der Waals surface area contributed by atoms with Gasteiger partial charge in [0.05, 0.1) is 23.2 Å². The summed E-state index contributed by atoms with van der Waals surface area (Å²) in [5.74, 6) is 0.0870. The van der Waals surface area contributed by atoms with Crippen LogP contribution in [0.1, 0.15) is 34.2 Å². The van der Waals surface area contributed by atoms with E-state index in [1.165, 1.54) is 11.3 Å². The summed E-state index contributed by atoms with van der Waals surface area (Å²) in [6, 6.07) is 1.34. The van der Waals surface area contributed by atoms with Crippen LogP contribution in [0.2, 0.25) is 0 Å². The van der Waals surface area contributed by atoms with Crippen LogP contribution >= 0.6 is 11.3 Å². The van der Waals surface area contributed by atoms with Crippen LogP contribution in [0.4, 0.5) is 0 Å². The van der Waals surface area contributed by atoms with Crippen molar-refractivity contribution in [3.05, 3.63) is 33.8 Å². The van der Waals surface area contributed by atoms with Gasteiger partial charge < -0.3 is 5.11 Å². The van der Waals surface area contributed by atoms with Crippen LogP contribution < -0.4 is 4.72 Å². The average molecular weight is 355 g/mol. The summed E-state index contributed by atoms with van der Waals surface area (Å²) in [6.45, 7) is 3.72.